The molecule has 1 rings (SSSR count). The molecular weight excluding hydrogens is 192 g/mol. The summed E-state index contributed by atoms with van der Waals surface area (Å²) in [5, 5.41) is 0. The van der Waals surface area contributed by atoms with Gasteiger partial charge in [0.2, 0.25) is 0 Å². The van der Waals surface area contributed by atoms with Crippen molar-refractivity contribution in [3.05, 3.63) is 41.3 Å². The van der Waals surface area contributed by atoms with Crippen LogP contribution in [-0.4, -0.2) is 0 Å². The van der Waals surface area contributed by atoms with Gasteiger partial charge >= 0.3 is 0 Å². The highest BCUT2D eigenvalue weighted by Gasteiger charge is 2.06. The van der Waals surface area contributed by atoms with Gasteiger partial charge in [-0.2, -0.15) is 0 Å². The zero-order valence-electron chi connectivity index (χ0n) is 11.1. The third-order valence-electron chi connectivity index (χ3n) is 3.20. The molecule has 0 aromatic heterocycles. The van der Waals surface area contributed by atoms with Gasteiger partial charge in [0.05, 0.1) is 0 Å². The van der Waals surface area contributed by atoms with Crippen molar-refractivity contribution in [1.82, 2.24) is 0 Å². The van der Waals surface area contributed by atoms with E-state index in [1.807, 2.05) is 0 Å². The van der Waals surface area contributed by atoms with Crippen molar-refractivity contribution in [3.8, 4) is 0 Å². The third kappa shape index (κ3) is 3.66. The minimum atomic E-state index is 1.25. The fourth-order valence-corrected chi connectivity index (χ4v) is 2.18. The van der Waals surface area contributed by atoms with Gasteiger partial charge in [0, 0.05) is 0 Å². The van der Waals surface area contributed by atoms with E-state index < -0.39 is 0 Å². The summed E-state index contributed by atoms with van der Waals surface area (Å²) in [5.41, 5.74) is 4.62. The maximum atomic E-state index is 2.31. The van der Waals surface area contributed by atoms with E-state index in [1.165, 1.54) is 44.1 Å². The summed E-state index contributed by atoms with van der Waals surface area (Å²) in [7, 11) is 0. The second-order valence-electron chi connectivity index (χ2n) is 4.48. The Labute approximate surface area is 101 Å². The molecule has 1 radical (unpaired) electrons. The predicted molar refractivity (Wildman–Crippen MR) is 72.7 cm³/mol. The van der Waals surface area contributed by atoms with E-state index in [9.17, 15) is 0 Å². The molecule has 1 aromatic carbocycles. The van der Waals surface area contributed by atoms with Crippen LogP contribution >= 0.6 is 0 Å². The minimum absolute atomic E-state index is 1.25. The molecule has 1 aromatic rings. The molecule has 16 heavy (non-hydrogen) atoms. The highest BCUT2D eigenvalue weighted by Crippen LogP contribution is 2.21. The fourth-order valence-electron chi connectivity index (χ4n) is 2.18. The first-order valence-electron chi connectivity index (χ1n) is 6.73. The summed E-state index contributed by atoms with van der Waals surface area (Å²) in [6.07, 6.45) is 9.93. The number of hydrogen-bond acceptors (Lipinski definition) is 0. The third-order valence-corrected chi connectivity index (χ3v) is 3.20. The Morgan fingerprint density at radius 2 is 1.69 bits per heavy atom. The monoisotopic (exact) mass is 217 g/mol. The average molecular weight is 217 g/mol. The average Bonchev–Trinajstić information content (AvgIpc) is 2.33. The molecule has 0 aliphatic heterocycles. The molecule has 0 aliphatic rings. The molecule has 0 aliphatic carbocycles. The molecule has 0 heteroatoms. The van der Waals surface area contributed by atoms with Gasteiger partial charge in [-0.15, -0.1) is 0 Å². The molecule has 0 bridgehead atoms. The van der Waals surface area contributed by atoms with Crippen LogP contribution in [0.15, 0.2) is 18.2 Å². The Hall–Kier alpha value is -0.780. The first-order valence-corrected chi connectivity index (χ1v) is 6.73. The smallest absolute Gasteiger partial charge is 0.0121 e. The maximum Gasteiger partial charge on any atom is -0.0121 e. The van der Waals surface area contributed by atoms with E-state index in [-0.39, 0.29) is 0 Å². The molecule has 0 saturated heterocycles. The van der Waals surface area contributed by atoms with Crippen molar-refractivity contribution >= 4 is 0 Å². The van der Waals surface area contributed by atoms with Gasteiger partial charge in [-0.1, -0.05) is 51.8 Å². The number of hydrogen-bond donors (Lipinski definition) is 0. The lowest BCUT2D eigenvalue weighted by molar-refractivity contribution is 0.755. The van der Waals surface area contributed by atoms with Gasteiger partial charge in [0.25, 0.3) is 0 Å². The SMILES string of the molecule is C[CH]c1cccc(CCCC)c1CCCC. The predicted octanol–water partition coefficient (Wildman–Crippen LogP) is 4.94. The summed E-state index contributed by atoms with van der Waals surface area (Å²) in [6.45, 7) is 6.68. The van der Waals surface area contributed by atoms with Crippen LogP contribution < -0.4 is 0 Å². The van der Waals surface area contributed by atoms with Crippen LogP contribution in [0.2, 0.25) is 0 Å². The molecule has 0 amide bonds. The van der Waals surface area contributed by atoms with Crippen molar-refractivity contribution in [3.63, 3.8) is 0 Å². The standard InChI is InChI=1S/C16H25/c1-4-7-10-15-12-9-11-14(6-3)16(15)13-8-5-2/h6,9,11-12H,4-5,7-8,10,13H2,1-3H3. The van der Waals surface area contributed by atoms with E-state index in [4.69, 9.17) is 0 Å². The van der Waals surface area contributed by atoms with Gasteiger partial charge in [-0.05, 0) is 48.8 Å². The lowest BCUT2D eigenvalue weighted by Gasteiger charge is -2.13. The van der Waals surface area contributed by atoms with Gasteiger partial charge in [-0.3, -0.25) is 0 Å². The van der Waals surface area contributed by atoms with Crippen LogP contribution in [0, 0.1) is 6.42 Å². The minimum Gasteiger partial charge on any atom is -0.0654 e. The summed E-state index contributed by atoms with van der Waals surface area (Å²) < 4.78 is 0. The van der Waals surface area contributed by atoms with E-state index in [1.54, 1.807) is 11.1 Å². The number of rotatable bonds is 7. The molecule has 0 unspecified atom stereocenters. The summed E-state index contributed by atoms with van der Waals surface area (Å²) in [5.74, 6) is 0. The van der Waals surface area contributed by atoms with Crippen molar-refractivity contribution in [2.45, 2.75) is 59.3 Å². The van der Waals surface area contributed by atoms with E-state index >= 15 is 0 Å². The van der Waals surface area contributed by atoms with Crippen LogP contribution in [-0.2, 0) is 12.8 Å². The van der Waals surface area contributed by atoms with Crippen LogP contribution in [0.4, 0.5) is 0 Å². The number of aryl methyl sites for hydroxylation is 1. The lowest BCUT2D eigenvalue weighted by atomic mass is 9.92. The van der Waals surface area contributed by atoms with Crippen LogP contribution in [0.3, 0.4) is 0 Å². The van der Waals surface area contributed by atoms with Gasteiger partial charge < -0.3 is 0 Å². The van der Waals surface area contributed by atoms with E-state index in [0.29, 0.717) is 0 Å². The highest BCUT2D eigenvalue weighted by molar-refractivity contribution is 5.39. The highest BCUT2D eigenvalue weighted by atomic mass is 14.1. The Bertz CT molecular complexity index is 299. The fraction of sp³-hybridized carbons (Fsp3) is 0.562. The van der Waals surface area contributed by atoms with Gasteiger partial charge in [0.1, 0.15) is 0 Å². The molecule has 0 heterocycles. The number of benzene rings is 1. The summed E-state index contributed by atoms with van der Waals surface area (Å²) in [4.78, 5) is 0. The quantitative estimate of drug-likeness (QED) is 0.606. The Morgan fingerprint density at radius 3 is 2.31 bits per heavy atom. The Balaban J connectivity index is 2.86. The molecular formula is C16H25. The Morgan fingerprint density at radius 1 is 1.00 bits per heavy atom. The molecule has 0 nitrogen and oxygen atoms in total. The zero-order valence-corrected chi connectivity index (χ0v) is 11.1. The van der Waals surface area contributed by atoms with Gasteiger partial charge in [0.15, 0.2) is 0 Å². The van der Waals surface area contributed by atoms with Crippen molar-refractivity contribution in [2.24, 2.45) is 0 Å². The molecule has 0 fully saturated rings. The second-order valence-corrected chi connectivity index (χ2v) is 4.48. The molecule has 89 valence electrons. The first-order chi connectivity index (χ1) is 7.83. The van der Waals surface area contributed by atoms with E-state index in [0.717, 1.165) is 0 Å². The van der Waals surface area contributed by atoms with Crippen molar-refractivity contribution < 1.29 is 0 Å². The van der Waals surface area contributed by atoms with E-state index in [2.05, 4.69) is 45.4 Å². The normalized spacial score (nSPS) is 10.7. The van der Waals surface area contributed by atoms with Crippen LogP contribution in [0.1, 0.15) is 63.1 Å². The summed E-state index contributed by atoms with van der Waals surface area (Å²) >= 11 is 0. The zero-order chi connectivity index (χ0) is 11.8. The summed E-state index contributed by atoms with van der Waals surface area (Å²) in [6, 6.07) is 6.77. The molecule has 0 N–H and O–H groups in total. The molecule has 0 saturated carbocycles. The van der Waals surface area contributed by atoms with Crippen molar-refractivity contribution in [2.75, 3.05) is 0 Å². The Kier molecular flexibility index (Phi) is 6.22. The van der Waals surface area contributed by atoms with Crippen LogP contribution in [0.25, 0.3) is 0 Å². The topological polar surface area (TPSA) is 0 Å². The lowest BCUT2D eigenvalue weighted by Crippen LogP contribution is -1.99. The van der Waals surface area contributed by atoms with Gasteiger partial charge in [-0.25, -0.2) is 0 Å². The molecule has 0 atom stereocenters. The number of unbranched alkanes of at least 4 members (excludes halogenated alkanes) is 2. The van der Waals surface area contributed by atoms with Crippen molar-refractivity contribution in [1.29, 1.82) is 0 Å². The first kappa shape index (κ1) is 13.3. The molecule has 0 spiro atoms. The largest absolute Gasteiger partial charge is 0.0654 e. The second kappa shape index (κ2) is 7.49. The van der Waals surface area contributed by atoms with Crippen LogP contribution in [0.5, 0.6) is 0 Å². The maximum absolute atomic E-state index is 2.31.